The zero-order valence-electron chi connectivity index (χ0n) is 7.97. The van der Waals surface area contributed by atoms with Gasteiger partial charge in [-0.1, -0.05) is 6.92 Å². The molecule has 0 heterocycles. The van der Waals surface area contributed by atoms with Gasteiger partial charge < -0.3 is 5.73 Å². The quantitative estimate of drug-likeness (QED) is 0.785. The molecule has 0 saturated carbocycles. The van der Waals surface area contributed by atoms with Gasteiger partial charge in [0.1, 0.15) is 11.6 Å². The predicted octanol–water partition coefficient (Wildman–Crippen LogP) is 2.79. The van der Waals surface area contributed by atoms with Gasteiger partial charge in [-0.05, 0) is 18.6 Å². The van der Waals surface area contributed by atoms with E-state index in [2.05, 4.69) is 0 Å². The Labute approximate surface area is 86.7 Å². The highest BCUT2D eigenvalue weighted by molar-refractivity contribution is 8.00. The summed E-state index contributed by atoms with van der Waals surface area (Å²) in [6.07, 6.45) is 0.873. The fourth-order valence-corrected chi connectivity index (χ4v) is 1.99. The Kier molecular flexibility index (Phi) is 4.35. The minimum absolute atomic E-state index is 0.190. The van der Waals surface area contributed by atoms with E-state index in [1.54, 1.807) is 0 Å². The third kappa shape index (κ3) is 2.96. The molecule has 0 radical (unpaired) electrons. The van der Waals surface area contributed by atoms with Crippen LogP contribution in [0.15, 0.2) is 23.1 Å². The van der Waals surface area contributed by atoms with Crippen LogP contribution >= 0.6 is 11.8 Å². The molecule has 0 amide bonds. The van der Waals surface area contributed by atoms with Crippen LogP contribution in [0.25, 0.3) is 0 Å². The van der Waals surface area contributed by atoms with Crippen molar-refractivity contribution in [2.45, 2.75) is 23.5 Å². The van der Waals surface area contributed by atoms with Gasteiger partial charge in [-0.2, -0.15) is 0 Å². The van der Waals surface area contributed by atoms with Crippen LogP contribution in [0, 0.1) is 11.6 Å². The molecular formula is C10H13F2NS. The van der Waals surface area contributed by atoms with Crippen molar-refractivity contribution in [2.75, 3.05) is 6.54 Å². The van der Waals surface area contributed by atoms with Crippen molar-refractivity contribution in [1.82, 2.24) is 0 Å². The molecule has 0 bridgehead atoms. The summed E-state index contributed by atoms with van der Waals surface area (Å²) in [6, 6.07) is 3.61. The molecule has 1 nitrogen and oxygen atoms in total. The van der Waals surface area contributed by atoms with Gasteiger partial charge in [-0.3, -0.25) is 0 Å². The van der Waals surface area contributed by atoms with Gasteiger partial charge in [0.05, 0.1) is 0 Å². The van der Waals surface area contributed by atoms with Crippen molar-refractivity contribution in [3.63, 3.8) is 0 Å². The predicted molar refractivity (Wildman–Crippen MR) is 55.3 cm³/mol. The fourth-order valence-electron chi connectivity index (χ4n) is 1.05. The molecule has 0 aromatic heterocycles. The van der Waals surface area contributed by atoms with E-state index >= 15 is 0 Å². The molecular weight excluding hydrogens is 204 g/mol. The van der Waals surface area contributed by atoms with Crippen LogP contribution < -0.4 is 5.73 Å². The molecule has 1 atom stereocenters. The molecule has 0 spiro atoms. The highest BCUT2D eigenvalue weighted by Crippen LogP contribution is 2.27. The van der Waals surface area contributed by atoms with Crippen LogP contribution in [0.3, 0.4) is 0 Å². The Balaban J connectivity index is 2.76. The molecule has 0 aliphatic carbocycles. The number of rotatable bonds is 4. The highest BCUT2D eigenvalue weighted by atomic mass is 32.2. The van der Waals surface area contributed by atoms with Crippen LogP contribution in [0.2, 0.25) is 0 Å². The van der Waals surface area contributed by atoms with E-state index in [1.807, 2.05) is 6.92 Å². The number of hydrogen-bond donors (Lipinski definition) is 1. The Morgan fingerprint density at radius 1 is 1.43 bits per heavy atom. The molecule has 1 aromatic carbocycles. The lowest BCUT2D eigenvalue weighted by atomic mass is 10.3. The van der Waals surface area contributed by atoms with E-state index in [0.29, 0.717) is 11.4 Å². The molecule has 78 valence electrons. The van der Waals surface area contributed by atoms with Gasteiger partial charge in [0.25, 0.3) is 0 Å². The second kappa shape index (κ2) is 5.32. The number of halogens is 2. The topological polar surface area (TPSA) is 26.0 Å². The maximum absolute atomic E-state index is 13.2. The number of nitrogens with two attached hydrogens (primary N) is 1. The lowest BCUT2D eigenvalue weighted by Gasteiger charge is -2.11. The fraction of sp³-hybridized carbons (Fsp3) is 0.400. The second-order valence-corrected chi connectivity index (χ2v) is 4.30. The zero-order chi connectivity index (χ0) is 10.6. The first-order chi connectivity index (χ1) is 6.67. The summed E-state index contributed by atoms with van der Waals surface area (Å²) >= 11 is 1.36. The Hall–Kier alpha value is -0.610. The Bertz CT molecular complexity index is 300. The first kappa shape index (κ1) is 11.5. The summed E-state index contributed by atoms with van der Waals surface area (Å²) in [6.45, 7) is 2.49. The van der Waals surface area contributed by atoms with E-state index in [1.165, 1.54) is 23.9 Å². The minimum atomic E-state index is -0.548. The van der Waals surface area contributed by atoms with Crippen molar-refractivity contribution < 1.29 is 8.78 Å². The third-order valence-corrected chi connectivity index (χ3v) is 3.35. The van der Waals surface area contributed by atoms with Crippen molar-refractivity contribution in [3.8, 4) is 0 Å². The van der Waals surface area contributed by atoms with Crippen LogP contribution in [-0.4, -0.2) is 11.8 Å². The van der Waals surface area contributed by atoms with E-state index in [-0.39, 0.29) is 5.25 Å². The largest absolute Gasteiger partial charge is 0.329 e. The molecule has 2 N–H and O–H groups in total. The summed E-state index contributed by atoms with van der Waals surface area (Å²) < 4.78 is 25.8. The summed E-state index contributed by atoms with van der Waals surface area (Å²) in [7, 11) is 0. The molecule has 1 aromatic rings. The molecule has 1 unspecified atom stereocenters. The van der Waals surface area contributed by atoms with Crippen LogP contribution in [-0.2, 0) is 0 Å². The number of benzene rings is 1. The molecule has 0 aliphatic rings. The van der Waals surface area contributed by atoms with Gasteiger partial charge in [0.15, 0.2) is 0 Å². The molecule has 0 fully saturated rings. The summed E-state index contributed by atoms with van der Waals surface area (Å²) in [5.74, 6) is -1.06. The highest BCUT2D eigenvalue weighted by Gasteiger charge is 2.10. The van der Waals surface area contributed by atoms with Crippen molar-refractivity contribution in [3.05, 3.63) is 29.8 Å². The Morgan fingerprint density at radius 2 is 2.14 bits per heavy atom. The van der Waals surface area contributed by atoms with Gasteiger partial charge in [0, 0.05) is 22.8 Å². The number of thioether (sulfide) groups is 1. The van der Waals surface area contributed by atoms with E-state index in [9.17, 15) is 8.78 Å². The van der Waals surface area contributed by atoms with Gasteiger partial charge >= 0.3 is 0 Å². The number of hydrogen-bond acceptors (Lipinski definition) is 2. The van der Waals surface area contributed by atoms with Gasteiger partial charge in [-0.25, -0.2) is 8.78 Å². The maximum Gasteiger partial charge on any atom is 0.139 e. The molecule has 0 saturated heterocycles. The summed E-state index contributed by atoms with van der Waals surface area (Å²) in [5, 5.41) is 0.190. The minimum Gasteiger partial charge on any atom is -0.329 e. The molecule has 1 rings (SSSR count). The lowest BCUT2D eigenvalue weighted by molar-refractivity contribution is 0.565. The summed E-state index contributed by atoms with van der Waals surface area (Å²) in [5.41, 5.74) is 5.49. The summed E-state index contributed by atoms with van der Waals surface area (Å²) in [4.78, 5) is 0.462. The SMILES string of the molecule is CCC(CN)Sc1ccc(F)cc1F. The second-order valence-electron chi connectivity index (χ2n) is 2.96. The van der Waals surface area contributed by atoms with Gasteiger partial charge in [-0.15, -0.1) is 11.8 Å². The van der Waals surface area contributed by atoms with Crippen LogP contribution in [0.5, 0.6) is 0 Å². The molecule has 4 heteroatoms. The van der Waals surface area contributed by atoms with Gasteiger partial charge in [0.2, 0.25) is 0 Å². The average Bonchev–Trinajstić information content (AvgIpc) is 2.17. The van der Waals surface area contributed by atoms with Crippen molar-refractivity contribution in [2.24, 2.45) is 5.73 Å². The smallest absolute Gasteiger partial charge is 0.139 e. The third-order valence-electron chi connectivity index (χ3n) is 1.91. The van der Waals surface area contributed by atoms with Crippen molar-refractivity contribution in [1.29, 1.82) is 0 Å². The zero-order valence-corrected chi connectivity index (χ0v) is 8.78. The van der Waals surface area contributed by atoms with Crippen LogP contribution in [0.1, 0.15) is 13.3 Å². The van der Waals surface area contributed by atoms with E-state index < -0.39 is 11.6 Å². The molecule has 14 heavy (non-hydrogen) atoms. The lowest BCUT2D eigenvalue weighted by Crippen LogP contribution is -2.15. The van der Waals surface area contributed by atoms with Crippen LogP contribution in [0.4, 0.5) is 8.78 Å². The van der Waals surface area contributed by atoms with E-state index in [4.69, 9.17) is 5.73 Å². The Morgan fingerprint density at radius 3 is 2.64 bits per heavy atom. The maximum atomic E-state index is 13.2. The standard InChI is InChI=1S/C10H13F2NS/c1-2-8(6-13)14-10-4-3-7(11)5-9(10)12/h3-5,8H,2,6,13H2,1H3. The first-order valence-electron chi connectivity index (χ1n) is 4.49. The normalized spacial score (nSPS) is 12.9. The molecule has 0 aliphatic heterocycles. The van der Waals surface area contributed by atoms with E-state index in [0.717, 1.165) is 12.5 Å². The monoisotopic (exact) mass is 217 g/mol. The average molecular weight is 217 g/mol. The first-order valence-corrected chi connectivity index (χ1v) is 5.37. The van der Waals surface area contributed by atoms with Crippen molar-refractivity contribution >= 4 is 11.8 Å².